The minimum absolute atomic E-state index is 0.0558. The highest BCUT2D eigenvalue weighted by Crippen LogP contribution is 2.20. The Morgan fingerprint density at radius 3 is 2.69 bits per heavy atom. The van der Waals surface area contributed by atoms with Crippen molar-refractivity contribution in [1.29, 1.82) is 0 Å². The molecule has 1 aliphatic rings. The van der Waals surface area contributed by atoms with Gasteiger partial charge in [0.1, 0.15) is 5.82 Å². The van der Waals surface area contributed by atoms with E-state index in [-0.39, 0.29) is 17.8 Å². The van der Waals surface area contributed by atoms with E-state index in [1.54, 1.807) is 12.1 Å². The maximum absolute atomic E-state index is 12.8. The van der Waals surface area contributed by atoms with Gasteiger partial charge in [-0.3, -0.25) is 9.69 Å². The smallest absolute Gasteiger partial charge is 0.234 e. The molecule has 0 aromatic heterocycles. The van der Waals surface area contributed by atoms with Crippen LogP contribution in [0.3, 0.4) is 0 Å². The molecule has 1 N–H and O–H groups in total. The van der Waals surface area contributed by atoms with Crippen molar-refractivity contribution in [1.82, 2.24) is 10.2 Å². The van der Waals surface area contributed by atoms with Crippen LogP contribution in [-0.4, -0.2) is 30.4 Å². The Morgan fingerprint density at radius 2 is 2.06 bits per heavy atom. The van der Waals surface area contributed by atoms with E-state index in [1.807, 2.05) is 6.92 Å². The van der Waals surface area contributed by atoms with Crippen LogP contribution in [0.1, 0.15) is 18.5 Å². The number of nitrogens with zero attached hydrogens (tertiary/aromatic N) is 1. The van der Waals surface area contributed by atoms with E-state index in [2.05, 4.69) is 10.2 Å². The van der Waals surface area contributed by atoms with Crippen molar-refractivity contribution >= 4 is 5.91 Å². The van der Waals surface area contributed by atoms with Gasteiger partial charge in [-0.1, -0.05) is 12.1 Å². The molecule has 1 saturated heterocycles. The van der Waals surface area contributed by atoms with E-state index >= 15 is 0 Å². The van der Waals surface area contributed by atoms with Crippen LogP contribution in [0.25, 0.3) is 0 Å². The number of halogens is 1. The number of amides is 1. The molecule has 1 fully saturated rings. The molecule has 1 amide bonds. The fourth-order valence-electron chi connectivity index (χ4n) is 1.94. The summed E-state index contributed by atoms with van der Waals surface area (Å²) in [6, 6.07) is 6.59. The van der Waals surface area contributed by atoms with Gasteiger partial charge in [-0.2, -0.15) is 0 Å². The Morgan fingerprint density at radius 1 is 1.38 bits per heavy atom. The highest BCUT2D eigenvalue weighted by Gasteiger charge is 2.21. The Hall–Kier alpha value is -1.42. The van der Waals surface area contributed by atoms with Crippen LogP contribution in [0, 0.1) is 5.82 Å². The molecule has 1 atom stereocenters. The number of carbonyl (C=O) groups excluding carboxylic acids is 1. The Balaban J connectivity index is 2.08. The van der Waals surface area contributed by atoms with Crippen molar-refractivity contribution < 1.29 is 9.18 Å². The SMILES string of the molecule is C[C@H](c1ccc(F)cc1)N1CCNC(=O)C1. The fourth-order valence-corrected chi connectivity index (χ4v) is 1.94. The van der Waals surface area contributed by atoms with Crippen LogP contribution < -0.4 is 5.32 Å². The average Bonchev–Trinajstić information content (AvgIpc) is 2.29. The predicted molar refractivity (Wildman–Crippen MR) is 59.4 cm³/mol. The summed E-state index contributed by atoms with van der Waals surface area (Å²) in [7, 11) is 0. The summed E-state index contributed by atoms with van der Waals surface area (Å²) in [5.41, 5.74) is 1.04. The standard InChI is InChI=1S/C12H15FN2O/c1-9(10-2-4-11(13)5-3-10)15-7-6-14-12(16)8-15/h2-5,9H,6-8H2,1H3,(H,14,16)/t9-/m1/s1. The first-order valence-corrected chi connectivity index (χ1v) is 5.43. The zero-order chi connectivity index (χ0) is 11.5. The van der Waals surface area contributed by atoms with E-state index in [0.717, 1.165) is 12.1 Å². The third kappa shape index (κ3) is 2.39. The molecule has 0 spiro atoms. The van der Waals surface area contributed by atoms with Gasteiger partial charge in [-0.15, -0.1) is 0 Å². The summed E-state index contributed by atoms with van der Waals surface area (Å²) >= 11 is 0. The molecule has 0 unspecified atom stereocenters. The van der Waals surface area contributed by atoms with Gasteiger partial charge in [-0.25, -0.2) is 4.39 Å². The topological polar surface area (TPSA) is 32.3 Å². The minimum Gasteiger partial charge on any atom is -0.354 e. The van der Waals surface area contributed by atoms with E-state index < -0.39 is 0 Å². The van der Waals surface area contributed by atoms with Crippen LogP contribution in [0.15, 0.2) is 24.3 Å². The molecule has 3 nitrogen and oxygen atoms in total. The van der Waals surface area contributed by atoms with Crippen molar-refractivity contribution in [3.63, 3.8) is 0 Å². The monoisotopic (exact) mass is 222 g/mol. The molecule has 16 heavy (non-hydrogen) atoms. The molecule has 0 aliphatic carbocycles. The minimum atomic E-state index is -0.229. The molecule has 86 valence electrons. The van der Waals surface area contributed by atoms with Crippen LogP contribution in [0.2, 0.25) is 0 Å². The lowest BCUT2D eigenvalue weighted by Gasteiger charge is -2.32. The van der Waals surface area contributed by atoms with Gasteiger partial charge in [0.15, 0.2) is 0 Å². The first kappa shape index (κ1) is 11.1. The normalized spacial score (nSPS) is 19.2. The molecule has 2 rings (SSSR count). The zero-order valence-corrected chi connectivity index (χ0v) is 9.24. The van der Waals surface area contributed by atoms with Crippen molar-refractivity contribution in [2.24, 2.45) is 0 Å². The number of rotatable bonds is 2. The largest absolute Gasteiger partial charge is 0.354 e. The van der Waals surface area contributed by atoms with Crippen molar-refractivity contribution in [2.45, 2.75) is 13.0 Å². The van der Waals surface area contributed by atoms with Crippen LogP contribution in [0.5, 0.6) is 0 Å². The summed E-state index contributed by atoms with van der Waals surface area (Å²) in [5.74, 6) is -0.174. The molecule has 1 heterocycles. The molecule has 4 heteroatoms. The van der Waals surface area contributed by atoms with E-state index in [1.165, 1.54) is 12.1 Å². The number of benzene rings is 1. The van der Waals surface area contributed by atoms with Gasteiger partial charge in [0.05, 0.1) is 6.54 Å². The quantitative estimate of drug-likeness (QED) is 0.818. The molecule has 1 aliphatic heterocycles. The summed E-state index contributed by atoms with van der Waals surface area (Å²) in [4.78, 5) is 13.3. The Kier molecular flexibility index (Phi) is 3.19. The molecular formula is C12H15FN2O. The summed E-state index contributed by atoms with van der Waals surface area (Å²) in [6.07, 6.45) is 0. The summed E-state index contributed by atoms with van der Waals surface area (Å²) in [6.45, 7) is 3.97. The van der Waals surface area contributed by atoms with Crippen molar-refractivity contribution in [3.8, 4) is 0 Å². The van der Waals surface area contributed by atoms with E-state index in [9.17, 15) is 9.18 Å². The van der Waals surface area contributed by atoms with Gasteiger partial charge in [0.25, 0.3) is 0 Å². The Bertz CT molecular complexity index is 377. The van der Waals surface area contributed by atoms with Crippen molar-refractivity contribution in [2.75, 3.05) is 19.6 Å². The second-order valence-corrected chi connectivity index (χ2v) is 4.05. The lowest BCUT2D eigenvalue weighted by molar-refractivity contribution is -0.124. The number of nitrogens with one attached hydrogen (secondary N) is 1. The summed E-state index contributed by atoms with van der Waals surface area (Å²) < 4.78 is 12.8. The number of carbonyl (C=O) groups is 1. The first-order valence-electron chi connectivity index (χ1n) is 5.43. The Labute approximate surface area is 94.3 Å². The molecule has 0 saturated carbocycles. The highest BCUT2D eigenvalue weighted by molar-refractivity contribution is 5.78. The second-order valence-electron chi connectivity index (χ2n) is 4.05. The molecule has 1 aromatic rings. The van der Waals surface area contributed by atoms with Crippen LogP contribution in [-0.2, 0) is 4.79 Å². The summed E-state index contributed by atoms with van der Waals surface area (Å²) in [5, 5.41) is 2.79. The maximum Gasteiger partial charge on any atom is 0.234 e. The lowest BCUT2D eigenvalue weighted by Crippen LogP contribution is -2.48. The van der Waals surface area contributed by atoms with Gasteiger partial charge < -0.3 is 5.32 Å². The third-order valence-corrected chi connectivity index (χ3v) is 2.97. The van der Waals surface area contributed by atoms with E-state index in [0.29, 0.717) is 13.1 Å². The van der Waals surface area contributed by atoms with Crippen molar-refractivity contribution in [3.05, 3.63) is 35.6 Å². The number of hydrogen-bond acceptors (Lipinski definition) is 2. The third-order valence-electron chi connectivity index (χ3n) is 2.97. The van der Waals surface area contributed by atoms with E-state index in [4.69, 9.17) is 0 Å². The number of hydrogen-bond donors (Lipinski definition) is 1. The average molecular weight is 222 g/mol. The molecular weight excluding hydrogens is 207 g/mol. The molecule has 1 aromatic carbocycles. The first-order chi connectivity index (χ1) is 7.66. The molecule has 0 bridgehead atoms. The number of piperazine rings is 1. The lowest BCUT2D eigenvalue weighted by atomic mass is 10.1. The van der Waals surface area contributed by atoms with Gasteiger partial charge >= 0.3 is 0 Å². The maximum atomic E-state index is 12.8. The predicted octanol–water partition coefficient (Wildman–Crippen LogP) is 1.32. The molecule has 0 radical (unpaired) electrons. The van der Waals surface area contributed by atoms with Gasteiger partial charge in [0.2, 0.25) is 5.91 Å². The zero-order valence-electron chi connectivity index (χ0n) is 9.24. The van der Waals surface area contributed by atoms with Gasteiger partial charge in [0, 0.05) is 19.1 Å². The van der Waals surface area contributed by atoms with Gasteiger partial charge in [-0.05, 0) is 24.6 Å². The highest BCUT2D eigenvalue weighted by atomic mass is 19.1. The fraction of sp³-hybridized carbons (Fsp3) is 0.417. The van der Waals surface area contributed by atoms with Crippen LogP contribution >= 0.6 is 0 Å². The second kappa shape index (κ2) is 4.61. The van der Waals surface area contributed by atoms with Crippen LogP contribution in [0.4, 0.5) is 4.39 Å².